The maximum atomic E-state index is 13.6. The molecule has 2 N–H and O–H groups in total. The van der Waals surface area contributed by atoms with Crippen LogP contribution < -0.4 is 0 Å². The molecule has 4 aromatic carbocycles. The van der Waals surface area contributed by atoms with Crippen LogP contribution in [0.1, 0.15) is 57.2 Å². The Morgan fingerprint density at radius 1 is 0.667 bits per heavy atom. The van der Waals surface area contributed by atoms with Gasteiger partial charge in [0.1, 0.15) is 11.5 Å². The van der Waals surface area contributed by atoms with Gasteiger partial charge in [0.2, 0.25) is 0 Å². The summed E-state index contributed by atoms with van der Waals surface area (Å²) in [7, 11) is 0. The molecular weight excluding hydrogens is 376 g/mol. The Morgan fingerprint density at radius 3 is 1.80 bits per heavy atom. The quantitative estimate of drug-likeness (QED) is 0.394. The first-order chi connectivity index (χ1) is 14.5. The lowest BCUT2D eigenvalue weighted by atomic mass is 9.78. The summed E-state index contributed by atoms with van der Waals surface area (Å²) in [5.74, 6) is -0.393. The lowest BCUT2D eigenvalue weighted by Gasteiger charge is -2.22. The molecule has 4 nitrogen and oxygen atoms in total. The summed E-state index contributed by atoms with van der Waals surface area (Å²) in [6.45, 7) is 2.11. The van der Waals surface area contributed by atoms with E-state index in [0.717, 1.165) is 35.6 Å². The molecule has 4 aromatic rings. The van der Waals surface area contributed by atoms with Gasteiger partial charge in [0.15, 0.2) is 11.6 Å². The minimum Gasteiger partial charge on any atom is -0.508 e. The maximum absolute atomic E-state index is 13.6. The van der Waals surface area contributed by atoms with E-state index in [1.807, 2.05) is 12.1 Å². The molecule has 5 rings (SSSR count). The van der Waals surface area contributed by atoms with Crippen LogP contribution in [0.5, 0.6) is 11.5 Å². The fourth-order valence-corrected chi connectivity index (χ4v) is 4.47. The van der Waals surface area contributed by atoms with Gasteiger partial charge in [-0.1, -0.05) is 37.6 Å². The summed E-state index contributed by atoms with van der Waals surface area (Å²) in [6.07, 6.45) is 2.91. The summed E-state index contributed by atoms with van der Waals surface area (Å²) in [6, 6.07) is 15.2. The second-order valence-corrected chi connectivity index (χ2v) is 7.85. The third kappa shape index (κ3) is 2.61. The second kappa shape index (κ2) is 6.70. The van der Waals surface area contributed by atoms with Gasteiger partial charge in [0.05, 0.1) is 0 Å². The molecule has 0 fully saturated rings. The number of carbonyl (C=O) groups excluding carboxylic acids is 2. The Morgan fingerprint density at radius 2 is 1.23 bits per heavy atom. The Bertz CT molecular complexity index is 1380. The van der Waals surface area contributed by atoms with Crippen molar-refractivity contribution >= 4 is 33.1 Å². The Balaban J connectivity index is 1.87. The summed E-state index contributed by atoms with van der Waals surface area (Å²) >= 11 is 0. The van der Waals surface area contributed by atoms with Crippen LogP contribution in [0.3, 0.4) is 0 Å². The maximum Gasteiger partial charge on any atom is 0.195 e. The van der Waals surface area contributed by atoms with E-state index in [1.54, 1.807) is 30.3 Å². The smallest absolute Gasteiger partial charge is 0.195 e. The fraction of sp³-hybridized carbons (Fsp3) is 0.154. The zero-order valence-corrected chi connectivity index (χ0v) is 16.5. The third-order valence-electron chi connectivity index (χ3n) is 5.93. The summed E-state index contributed by atoms with van der Waals surface area (Å²) in [4.78, 5) is 27.2. The highest BCUT2D eigenvalue weighted by molar-refractivity contribution is 6.37. The Hall–Kier alpha value is -3.66. The van der Waals surface area contributed by atoms with Gasteiger partial charge in [0, 0.05) is 22.3 Å². The van der Waals surface area contributed by atoms with Crippen LogP contribution in [0, 0.1) is 0 Å². The minimum atomic E-state index is -0.234. The van der Waals surface area contributed by atoms with Gasteiger partial charge in [-0.15, -0.1) is 0 Å². The molecule has 0 spiro atoms. The van der Waals surface area contributed by atoms with Crippen LogP contribution in [-0.2, 0) is 6.42 Å². The summed E-state index contributed by atoms with van der Waals surface area (Å²) in [5, 5.41) is 22.8. The highest BCUT2D eigenvalue weighted by Crippen LogP contribution is 2.41. The molecule has 30 heavy (non-hydrogen) atoms. The normalized spacial score (nSPS) is 13.0. The molecule has 0 radical (unpaired) electrons. The van der Waals surface area contributed by atoms with Gasteiger partial charge in [-0.3, -0.25) is 9.59 Å². The van der Waals surface area contributed by atoms with Crippen molar-refractivity contribution < 1.29 is 19.8 Å². The lowest BCUT2D eigenvalue weighted by Crippen LogP contribution is -2.22. The van der Waals surface area contributed by atoms with E-state index in [2.05, 4.69) is 6.92 Å². The number of aromatic hydroxyl groups is 2. The van der Waals surface area contributed by atoms with E-state index >= 15 is 0 Å². The average molecular weight is 396 g/mol. The molecule has 4 heteroatoms. The number of hydrogen-bond acceptors (Lipinski definition) is 4. The van der Waals surface area contributed by atoms with Crippen LogP contribution in [0.4, 0.5) is 0 Å². The number of phenols is 2. The molecule has 0 saturated carbocycles. The van der Waals surface area contributed by atoms with Crippen molar-refractivity contribution in [2.75, 3.05) is 0 Å². The molecule has 0 heterocycles. The molecule has 0 unspecified atom stereocenters. The lowest BCUT2D eigenvalue weighted by molar-refractivity contribution is 0.0981. The van der Waals surface area contributed by atoms with Gasteiger partial charge in [0.25, 0.3) is 0 Å². The average Bonchev–Trinajstić information content (AvgIpc) is 2.74. The van der Waals surface area contributed by atoms with Gasteiger partial charge in [-0.25, -0.2) is 0 Å². The number of aryl methyl sites for hydroxylation is 1. The van der Waals surface area contributed by atoms with Crippen LogP contribution in [0.15, 0.2) is 54.6 Å². The Kier molecular flexibility index (Phi) is 4.10. The van der Waals surface area contributed by atoms with E-state index in [-0.39, 0.29) is 28.6 Å². The molecule has 0 bridgehead atoms. The van der Waals surface area contributed by atoms with Crippen molar-refractivity contribution in [1.82, 2.24) is 0 Å². The molecule has 0 aromatic heterocycles. The standard InChI is InChI=1S/C26H20O4/c1-2-3-4-14-5-8-19-22(11-14)26(30)24-21-13-16(28)7-10-18(21)17-9-6-15(27)12-20(17)23(24)25(19)29/h5-13,27-28H,2-4H2,1H3. The molecule has 0 atom stereocenters. The monoisotopic (exact) mass is 396 g/mol. The minimum absolute atomic E-state index is 0.0313. The van der Waals surface area contributed by atoms with Crippen LogP contribution in [0.25, 0.3) is 21.5 Å². The van der Waals surface area contributed by atoms with Gasteiger partial charge < -0.3 is 10.2 Å². The summed E-state index contributed by atoms with van der Waals surface area (Å²) in [5.41, 5.74) is 2.41. The van der Waals surface area contributed by atoms with Crippen LogP contribution >= 0.6 is 0 Å². The van der Waals surface area contributed by atoms with E-state index < -0.39 is 0 Å². The van der Waals surface area contributed by atoms with Gasteiger partial charge in [-0.05, 0) is 70.3 Å². The number of benzene rings is 4. The van der Waals surface area contributed by atoms with Gasteiger partial charge >= 0.3 is 0 Å². The van der Waals surface area contributed by atoms with Crippen molar-refractivity contribution in [2.24, 2.45) is 0 Å². The topological polar surface area (TPSA) is 74.6 Å². The number of carbonyl (C=O) groups is 2. The molecule has 1 aliphatic rings. The first-order valence-corrected chi connectivity index (χ1v) is 10.1. The first kappa shape index (κ1) is 18.4. The number of fused-ring (bicyclic) bond motifs is 7. The molecule has 0 saturated heterocycles. The summed E-state index contributed by atoms with van der Waals surface area (Å²) < 4.78 is 0. The number of phenolic OH excluding ortho intramolecular Hbond substituents is 2. The van der Waals surface area contributed by atoms with Crippen LogP contribution in [-0.4, -0.2) is 21.8 Å². The fourth-order valence-electron chi connectivity index (χ4n) is 4.47. The Labute approximate surface area is 173 Å². The van der Waals surface area contributed by atoms with Crippen molar-refractivity contribution in [1.29, 1.82) is 0 Å². The van der Waals surface area contributed by atoms with E-state index in [9.17, 15) is 19.8 Å². The SMILES string of the molecule is CCCCc1ccc2c(c1)C(=O)c1c(c3cc(O)ccc3c3ccc(O)cc13)C2=O. The molecule has 0 amide bonds. The second-order valence-electron chi connectivity index (χ2n) is 7.85. The predicted molar refractivity (Wildman–Crippen MR) is 117 cm³/mol. The highest BCUT2D eigenvalue weighted by Gasteiger charge is 2.33. The number of unbranched alkanes of at least 4 members (excludes halogenated alkanes) is 1. The number of ketones is 2. The predicted octanol–water partition coefficient (Wildman–Crippen LogP) is 5.52. The van der Waals surface area contributed by atoms with Crippen molar-refractivity contribution in [2.45, 2.75) is 26.2 Å². The van der Waals surface area contributed by atoms with E-state index in [4.69, 9.17) is 0 Å². The van der Waals surface area contributed by atoms with E-state index in [0.29, 0.717) is 27.5 Å². The first-order valence-electron chi connectivity index (χ1n) is 10.1. The zero-order chi connectivity index (χ0) is 21.0. The molecule has 0 aliphatic heterocycles. The molecular formula is C26H20O4. The van der Waals surface area contributed by atoms with E-state index in [1.165, 1.54) is 12.1 Å². The number of rotatable bonds is 3. The molecule has 1 aliphatic carbocycles. The van der Waals surface area contributed by atoms with Crippen LogP contribution in [0.2, 0.25) is 0 Å². The van der Waals surface area contributed by atoms with Gasteiger partial charge in [-0.2, -0.15) is 0 Å². The zero-order valence-electron chi connectivity index (χ0n) is 16.5. The molecule has 148 valence electrons. The number of hydrogen-bond donors (Lipinski definition) is 2. The van der Waals surface area contributed by atoms with Crippen molar-refractivity contribution in [3.05, 3.63) is 82.4 Å². The van der Waals surface area contributed by atoms with Crippen molar-refractivity contribution in [3.8, 4) is 11.5 Å². The highest BCUT2D eigenvalue weighted by atomic mass is 16.3. The largest absolute Gasteiger partial charge is 0.508 e. The third-order valence-corrected chi connectivity index (χ3v) is 5.93. The van der Waals surface area contributed by atoms with Crippen molar-refractivity contribution in [3.63, 3.8) is 0 Å².